The SMILES string of the molecule is C1=C2CCCN[C@H]2[C@@H]2C[C@H]1[C@H]1CCCCN1C2.S. The van der Waals surface area contributed by atoms with Crippen LogP contribution in [0.2, 0.25) is 0 Å². The Kier molecular flexibility index (Phi) is 3.75. The highest BCUT2D eigenvalue weighted by molar-refractivity contribution is 7.59. The molecular formula is C15H26N2S. The zero-order valence-electron chi connectivity index (χ0n) is 11.2. The number of nitrogens with one attached hydrogen (secondary N) is 1. The first kappa shape index (κ1) is 13.0. The zero-order chi connectivity index (χ0) is 11.2. The van der Waals surface area contributed by atoms with Crippen molar-refractivity contribution in [3.8, 4) is 0 Å². The Labute approximate surface area is 118 Å². The summed E-state index contributed by atoms with van der Waals surface area (Å²) in [6.07, 6.45) is 11.2. The lowest BCUT2D eigenvalue weighted by Gasteiger charge is -2.52. The number of hydrogen-bond donors (Lipinski definition) is 1. The lowest BCUT2D eigenvalue weighted by molar-refractivity contribution is 0.0271. The standard InChI is InChI=1S/C15H24N2.H2S/c1-2-7-17-10-13-9-12(14(17)5-1)8-11-4-3-6-16-15(11)13;/h8,12-16H,1-7,9-10H2;1H2/t12-,13+,14+,15+;/m0./s1. The Bertz CT molecular complexity index is 341. The molecule has 2 nitrogen and oxygen atoms in total. The molecule has 0 aromatic heterocycles. The van der Waals surface area contributed by atoms with Gasteiger partial charge in [0.15, 0.2) is 0 Å². The van der Waals surface area contributed by atoms with E-state index in [0.29, 0.717) is 0 Å². The third-order valence-electron chi connectivity index (χ3n) is 5.51. The second-order valence-corrected chi connectivity index (χ2v) is 6.49. The van der Waals surface area contributed by atoms with Crippen LogP contribution in [0, 0.1) is 11.8 Å². The average Bonchev–Trinajstić information content (AvgIpc) is 2.39. The maximum Gasteiger partial charge on any atom is 0.0320 e. The molecule has 3 aliphatic heterocycles. The van der Waals surface area contributed by atoms with Gasteiger partial charge in [0.2, 0.25) is 0 Å². The monoisotopic (exact) mass is 266 g/mol. The minimum Gasteiger partial charge on any atom is -0.310 e. The highest BCUT2D eigenvalue weighted by Gasteiger charge is 2.43. The fraction of sp³-hybridized carbons (Fsp3) is 0.867. The molecule has 1 N–H and O–H groups in total. The predicted octanol–water partition coefficient (Wildman–Crippen LogP) is 2.28. The van der Waals surface area contributed by atoms with Gasteiger partial charge >= 0.3 is 0 Å². The molecule has 4 aliphatic rings. The molecule has 1 aliphatic carbocycles. The van der Waals surface area contributed by atoms with Gasteiger partial charge in [-0.25, -0.2) is 0 Å². The Morgan fingerprint density at radius 3 is 3.11 bits per heavy atom. The lowest BCUT2D eigenvalue weighted by Crippen LogP contribution is -2.58. The highest BCUT2D eigenvalue weighted by Crippen LogP contribution is 2.42. The van der Waals surface area contributed by atoms with E-state index < -0.39 is 0 Å². The van der Waals surface area contributed by atoms with E-state index in [2.05, 4.69) is 16.3 Å². The van der Waals surface area contributed by atoms with Crippen LogP contribution in [0.5, 0.6) is 0 Å². The van der Waals surface area contributed by atoms with Crippen LogP contribution < -0.4 is 5.32 Å². The van der Waals surface area contributed by atoms with Crippen LogP contribution in [0.25, 0.3) is 0 Å². The van der Waals surface area contributed by atoms with Gasteiger partial charge in [0.05, 0.1) is 0 Å². The van der Waals surface area contributed by atoms with Gasteiger partial charge in [0.1, 0.15) is 0 Å². The van der Waals surface area contributed by atoms with Gasteiger partial charge in [-0.3, -0.25) is 4.90 Å². The van der Waals surface area contributed by atoms with E-state index in [4.69, 9.17) is 0 Å². The molecule has 3 saturated heterocycles. The molecule has 4 atom stereocenters. The molecule has 4 rings (SSSR count). The minimum atomic E-state index is 0. The Hall–Kier alpha value is 0.0100. The van der Waals surface area contributed by atoms with Crippen molar-refractivity contribution in [2.24, 2.45) is 11.8 Å². The van der Waals surface area contributed by atoms with Crippen molar-refractivity contribution < 1.29 is 0 Å². The highest BCUT2D eigenvalue weighted by atomic mass is 32.1. The van der Waals surface area contributed by atoms with Crippen LogP contribution in [0.3, 0.4) is 0 Å². The maximum absolute atomic E-state index is 3.78. The summed E-state index contributed by atoms with van der Waals surface area (Å²) in [7, 11) is 0. The molecule has 102 valence electrons. The molecule has 0 spiro atoms. The Balaban J connectivity index is 0.000001000. The average molecular weight is 266 g/mol. The van der Waals surface area contributed by atoms with E-state index in [1.54, 1.807) is 5.57 Å². The van der Waals surface area contributed by atoms with E-state index >= 15 is 0 Å². The summed E-state index contributed by atoms with van der Waals surface area (Å²) < 4.78 is 0. The molecule has 3 heteroatoms. The number of fused-ring (bicyclic) bond motifs is 6. The molecular weight excluding hydrogens is 240 g/mol. The zero-order valence-corrected chi connectivity index (χ0v) is 12.2. The first-order valence-corrected chi connectivity index (χ1v) is 7.60. The molecule has 0 unspecified atom stereocenters. The molecule has 0 radical (unpaired) electrons. The van der Waals surface area contributed by atoms with E-state index in [-0.39, 0.29) is 13.5 Å². The Morgan fingerprint density at radius 2 is 2.17 bits per heavy atom. The summed E-state index contributed by atoms with van der Waals surface area (Å²) in [6, 6.07) is 1.64. The molecule has 0 aromatic rings. The van der Waals surface area contributed by atoms with E-state index in [9.17, 15) is 0 Å². The fourth-order valence-electron chi connectivity index (χ4n) is 4.80. The smallest absolute Gasteiger partial charge is 0.0320 e. The van der Waals surface area contributed by atoms with Gasteiger partial charge in [-0.2, -0.15) is 13.5 Å². The van der Waals surface area contributed by atoms with Crippen LogP contribution in [0.4, 0.5) is 0 Å². The topological polar surface area (TPSA) is 15.3 Å². The molecule has 0 amide bonds. The number of hydrogen-bond acceptors (Lipinski definition) is 2. The van der Waals surface area contributed by atoms with Gasteiger partial charge in [-0.15, -0.1) is 0 Å². The molecule has 3 heterocycles. The summed E-state index contributed by atoms with van der Waals surface area (Å²) in [4.78, 5) is 2.81. The quantitative estimate of drug-likeness (QED) is 0.677. The Morgan fingerprint density at radius 1 is 1.22 bits per heavy atom. The summed E-state index contributed by atoms with van der Waals surface area (Å²) in [5.41, 5.74) is 1.77. The molecule has 2 bridgehead atoms. The van der Waals surface area contributed by atoms with Crippen LogP contribution in [0.15, 0.2) is 11.6 Å². The molecule has 0 saturated carbocycles. The number of rotatable bonds is 0. The van der Waals surface area contributed by atoms with Crippen LogP contribution >= 0.6 is 13.5 Å². The van der Waals surface area contributed by atoms with E-state index in [1.165, 1.54) is 58.2 Å². The van der Waals surface area contributed by atoms with Gasteiger partial charge in [0, 0.05) is 18.6 Å². The number of piperidine rings is 3. The van der Waals surface area contributed by atoms with Crippen LogP contribution in [-0.2, 0) is 0 Å². The maximum atomic E-state index is 3.78. The van der Waals surface area contributed by atoms with Gasteiger partial charge in [-0.05, 0) is 57.0 Å². The third-order valence-corrected chi connectivity index (χ3v) is 5.51. The first-order valence-electron chi connectivity index (χ1n) is 7.60. The van der Waals surface area contributed by atoms with Crippen LogP contribution in [-0.4, -0.2) is 36.6 Å². The summed E-state index contributed by atoms with van der Waals surface area (Å²) in [6.45, 7) is 3.98. The summed E-state index contributed by atoms with van der Waals surface area (Å²) in [5.74, 6) is 1.80. The van der Waals surface area contributed by atoms with Crippen molar-refractivity contribution in [3.63, 3.8) is 0 Å². The molecule has 18 heavy (non-hydrogen) atoms. The normalized spacial score (nSPS) is 43.2. The van der Waals surface area contributed by atoms with Gasteiger partial charge in [-0.1, -0.05) is 18.1 Å². The van der Waals surface area contributed by atoms with Crippen molar-refractivity contribution in [1.82, 2.24) is 10.2 Å². The van der Waals surface area contributed by atoms with Crippen LogP contribution in [0.1, 0.15) is 38.5 Å². The van der Waals surface area contributed by atoms with Gasteiger partial charge < -0.3 is 5.32 Å². The largest absolute Gasteiger partial charge is 0.310 e. The fourth-order valence-corrected chi connectivity index (χ4v) is 4.80. The first-order chi connectivity index (χ1) is 8.42. The van der Waals surface area contributed by atoms with Crippen molar-refractivity contribution in [3.05, 3.63) is 11.6 Å². The van der Waals surface area contributed by atoms with Gasteiger partial charge in [0.25, 0.3) is 0 Å². The minimum absolute atomic E-state index is 0. The third kappa shape index (κ3) is 2.04. The van der Waals surface area contributed by atoms with Crippen molar-refractivity contribution in [2.45, 2.75) is 50.6 Å². The second kappa shape index (κ2) is 5.18. The lowest BCUT2D eigenvalue weighted by atomic mass is 9.68. The second-order valence-electron chi connectivity index (χ2n) is 6.49. The van der Waals surface area contributed by atoms with E-state index in [0.717, 1.165) is 23.9 Å². The number of nitrogens with zero attached hydrogens (tertiary/aromatic N) is 1. The summed E-state index contributed by atoms with van der Waals surface area (Å²) >= 11 is 0. The predicted molar refractivity (Wildman–Crippen MR) is 80.3 cm³/mol. The van der Waals surface area contributed by atoms with E-state index in [1.807, 2.05) is 0 Å². The summed E-state index contributed by atoms with van der Waals surface area (Å²) in [5, 5.41) is 3.78. The van der Waals surface area contributed by atoms with Crippen molar-refractivity contribution in [2.75, 3.05) is 19.6 Å². The van der Waals surface area contributed by atoms with Crippen molar-refractivity contribution >= 4 is 13.5 Å². The molecule has 3 fully saturated rings. The van der Waals surface area contributed by atoms with Crippen molar-refractivity contribution in [1.29, 1.82) is 0 Å². The molecule has 0 aromatic carbocycles.